The standard InChI is InChI=1S/C11H19NO2/c1-2-3-4-12-9-5-11(13)6-10(12)8-14-7-9/h9-10H,2-8H2,1H3. The first-order valence-corrected chi connectivity index (χ1v) is 5.66. The van der Waals surface area contributed by atoms with Crippen LogP contribution in [0.1, 0.15) is 32.6 Å². The summed E-state index contributed by atoms with van der Waals surface area (Å²) in [5.74, 6) is 0.427. The molecule has 2 saturated heterocycles. The molecule has 2 heterocycles. The molecule has 0 aromatic rings. The number of unbranched alkanes of at least 4 members (excludes halogenated alkanes) is 1. The van der Waals surface area contributed by atoms with E-state index < -0.39 is 0 Å². The third-order valence-electron chi connectivity index (χ3n) is 3.25. The number of fused-ring (bicyclic) bond motifs is 2. The average molecular weight is 197 g/mol. The summed E-state index contributed by atoms with van der Waals surface area (Å²) < 4.78 is 5.50. The fraction of sp³-hybridized carbons (Fsp3) is 0.909. The highest BCUT2D eigenvalue weighted by Gasteiger charge is 2.37. The molecule has 0 amide bonds. The van der Waals surface area contributed by atoms with E-state index >= 15 is 0 Å². The van der Waals surface area contributed by atoms with Gasteiger partial charge < -0.3 is 4.74 Å². The van der Waals surface area contributed by atoms with Gasteiger partial charge in [0.15, 0.2) is 0 Å². The summed E-state index contributed by atoms with van der Waals surface area (Å²) in [5, 5.41) is 0. The first-order valence-electron chi connectivity index (χ1n) is 5.66. The van der Waals surface area contributed by atoms with Crippen LogP contribution in [-0.4, -0.2) is 42.5 Å². The van der Waals surface area contributed by atoms with Gasteiger partial charge >= 0.3 is 0 Å². The van der Waals surface area contributed by atoms with E-state index in [0.29, 0.717) is 30.7 Å². The van der Waals surface area contributed by atoms with Crippen molar-refractivity contribution in [3.63, 3.8) is 0 Å². The van der Waals surface area contributed by atoms with Gasteiger partial charge in [-0.2, -0.15) is 0 Å². The number of hydrogen-bond acceptors (Lipinski definition) is 3. The lowest BCUT2D eigenvalue weighted by molar-refractivity contribution is -0.135. The van der Waals surface area contributed by atoms with Crippen LogP contribution in [-0.2, 0) is 9.53 Å². The van der Waals surface area contributed by atoms with Crippen molar-refractivity contribution in [3.05, 3.63) is 0 Å². The summed E-state index contributed by atoms with van der Waals surface area (Å²) in [5.41, 5.74) is 0. The molecule has 2 atom stereocenters. The Hall–Kier alpha value is -0.410. The van der Waals surface area contributed by atoms with Gasteiger partial charge in [-0.05, 0) is 13.0 Å². The van der Waals surface area contributed by atoms with Gasteiger partial charge in [-0.3, -0.25) is 9.69 Å². The maximum absolute atomic E-state index is 11.4. The van der Waals surface area contributed by atoms with E-state index in [2.05, 4.69) is 11.8 Å². The Morgan fingerprint density at radius 2 is 2.00 bits per heavy atom. The van der Waals surface area contributed by atoms with Crippen LogP contribution < -0.4 is 0 Å². The highest BCUT2D eigenvalue weighted by Crippen LogP contribution is 2.25. The average Bonchev–Trinajstić information content (AvgIpc) is 2.14. The molecule has 0 aromatic heterocycles. The summed E-state index contributed by atoms with van der Waals surface area (Å²) in [6.45, 7) is 4.86. The molecule has 2 unspecified atom stereocenters. The van der Waals surface area contributed by atoms with E-state index in [1.54, 1.807) is 0 Å². The molecule has 3 nitrogen and oxygen atoms in total. The maximum Gasteiger partial charge on any atom is 0.136 e. The van der Waals surface area contributed by atoms with Crippen molar-refractivity contribution < 1.29 is 9.53 Å². The number of carbonyl (C=O) groups excluding carboxylic acids is 1. The van der Waals surface area contributed by atoms with E-state index in [9.17, 15) is 4.79 Å². The number of hydrogen-bond donors (Lipinski definition) is 0. The summed E-state index contributed by atoms with van der Waals surface area (Å²) >= 11 is 0. The van der Waals surface area contributed by atoms with Crippen LogP contribution in [0.25, 0.3) is 0 Å². The second-order valence-corrected chi connectivity index (χ2v) is 4.38. The Morgan fingerprint density at radius 1 is 1.36 bits per heavy atom. The van der Waals surface area contributed by atoms with E-state index in [4.69, 9.17) is 4.74 Å². The van der Waals surface area contributed by atoms with Crippen LogP contribution in [0, 0.1) is 0 Å². The van der Waals surface area contributed by atoms with Crippen LogP contribution in [0.3, 0.4) is 0 Å². The molecule has 14 heavy (non-hydrogen) atoms. The second kappa shape index (κ2) is 4.41. The molecule has 3 heteroatoms. The maximum atomic E-state index is 11.4. The van der Waals surface area contributed by atoms with Crippen LogP contribution >= 0.6 is 0 Å². The first kappa shape index (κ1) is 10.1. The molecule has 0 saturated carbocycles. The largest absolute Gasteiger partial charge is 0.378 e. The lowest BCUT2D eigenvalue weighted by Gasteiger charge is -2.45. The van der Waals surface area contributed by atoms with Crippen LogP contribution in [0.15, 0.2) is 0 Å². The number of nitrogens with zero attached hydrogens (tertiary/aromatic N) is 1. The van der Waals surface area contributed by atoms with E-state index in [0.717, 1.165) is 19.8 Å². The van der Waals surface area contributed by atoms with Gasteiger partial charge in [0.25, 0.3) is 0 Å². The van der Waals surface area contributed by atoms with Gasteiger partial charge in [0.05, 0.1) is 13.2 Å². The Morgan fingerprint density at radius 3 is 2.57 bits per heavy atom. The van der Waals surface area contributed by atoms with Gasteiger partial charge in [-0.15, -0.1) is 0 Å². The summed E-state index contributed by atoms with van der Waals surface area (Å²) in [4.78, 5) is 13.9. The summed E-state index contributed by atoms with van der Waals surface area (Å²) in [7, 11) is 0. The minimum atomic E-state index is 0.376. The van der Waals surface area contributed by atoms with E-state index in [-0.39, 0.29) is 0 Å². The predicted octanol–water partition coefficient (Wildman–Crippen LogP) is 1.22. The third-order valence-corrected chi connectivity index (χ3v) is 3.25. The summed E-state index contributed by atoms with van der Waals surface area (Å²) in [6.07, 6.45) is 3.88. The Bertz CT molecular complexity index is 201. The number of rotatable bonds is 3. The normalized spacial score (nSPS) is 33.4. The van der Waals surface area contributed by atoms with Crippen molar-refractivity contribution in [3.8, 4) is 0 Å². The smallest absolute Gasteiger partial charge is 0.136 e. The molecule has 0 aliphatic carbocycles. The van der Waals surface area contributed by atoms with Crippen LogP contribution in [0.5, 0.6) is 0 Å². The monoisotopic (exact) mass is 197 g/mol. The summed E-state index contributed by atoms with van der Waals surface area (Å²) in [6, 6.07) is 0.753. The van der Waals surface area contributed by atoms with Crippen molar-refractivity contribution in [2.45, 2.75) is 44.7 Å². The molecule has 0 aromatic carbocycles. The number of piperidine rings is 1. The van der Waals surface area contributed by atoms with Gasteiger partial charge in [0.1, 0.15) is 5.78 Å². The van der Waals surface area contributed by atoms with Crippen LogP contribution in [0.4, 0.5) is 0 Å². The minimum Gasteiger partial charge on any atom is -0.378 e. The highest BCUT2D eigenvalue weighted by molar-refractivity contribution is 5.80. The number of ether oxygens (including phenoxy) is 1. The van der Waals surface area contributed by atoms with E-state index in [1.165, 1.54) is 12.8 Å². The van der Waals surface area contributed by atoms with Crippen molar-refractivity contribution in [2.24, 2.45) is 0 Å². The zero-order valence-electron chi connectivity index (χ0n) is 8.87. The zero-order chi connectivity index (χ0) is 9.97. The quantitative estimate of drug-likeness (QED) is 0.681. The van der Waals surface area contributed by atoms with Crippen molar-refractivity contribution in [1.29, 1.82) is 0 Å². The molecular formula is C11H19NO2. The Labute approximate surface area is 85.4 Å². The first-order chi connectivity index (χ1) is 6.81. The molecular weight excluding hydrogens is 178 g/mol. The fourth-order valence-electron chi connectivity index (χ4n) is 2.50. The van der Waals surface area contributed by atoms with Crippen molar-refractivity contribution >= 4 is 5.78 Å². The van der Waals surface area contributed by atoms with Gasteiger partial charge in [0, 0.05) is 24.9 Å². The molecule has 2 aliphatic heterocycles. The third kappa shape index (κ3) is 1.98. The molecule has 2 fully saturated rings. The van der Waals surface area contributed by atoms with Crippen molar-refractivity contribution in [2.75, 3.05) is 19.8 Å². The molecule has 2 bridgehead atoms. The molecule has 0 spiro atoms. The molecule has 0 radical (unpaired) electrons. The second-order valence-electron chi connectivity index (χ2n) is 4.38. The molecule has 80 valence electrons. The predicted molar refractivity (Wildman–Crippen MR) is 54.3 cm³/mol. The number of morpholine rings is 1. The molecule has 2 rings (SSSR count). The highest BCUT2D eigenvalue weighted by atomic mass is 16.5. The number of ketones is 1. The fourth-order valence-corrected chi connectivity index (χ4v) is 2.50. The van der Waals surface area contributed by atoms with E-state index in [1.807, 2.05) is 0 Å². The molecule has 2 aliphatic rings. The molecule has 0 N–H and O–H groups in total. The topological polar surface area (TPSA) is 29.5 Å². The number of carbonyl (C=O) groups is 1. The van der Waals surface area contributed by atoms with Crippen LogP contribution in [0.2, 0.25) is 0 Å². The Kier molecular flexibility index (Phi) is 3.19. The van der Waals surface area contributed by atoms with Gasteiger partial charge in [-0.1, -0.05) is 13.3 Å². The number of Topliss-reactive ketones (excluding diaryl/α,β-unsaturated/α-hetero) is 1. The lowest BCUT2D eigenvalue weighted by atomic mass is 9.93. The zero-order valence-corrected chi connectivity index (χ0v) is 8.87. The minimum absolute atomic E-state index is 0.376. The Balaban J connectivity index is 1.97. The van der Waals surface area contributed by atoms with Gasteiger partial charge in [-0.25, -0.2) is 0 Å². The SMILES string of the molecule is CCCCN1C2COCC1CC(=O)C2. The lowest BCUT2D eigenvalue weighted by Crippen LogP contribution is -2.57. The van der Waals surface area contributed by atoms with Gasteiger partial charge in [0.2, 0.25) is 0 Å². The van der Waals surface area contributed by atoms with Crippen molar-refractivity contribution in [1.82, 2.24) is 4.90 Å².